The van der Waals surface area contributed by atoms with Crippen molar-refractivity contribution in [3.63, 3.8) is 0 Å². The summed E-state index contributed by atoms with van der Waals surface area (Å²) in [5, 5.41) is 8.97. The molecule has 0 radical (unpaired) electrons. The third kappa shape index (κ3) is 4.32. The largest absolute Gasteiger partial charge is 0.480 e. The van der Waals surface area contributed by atoms with E-state index in [0.717, 1.165) is 0 Å². The maximum absolute atomic E-state index is 11.8. The number of hydrogen-bond acceptors (Lipinski definition) is 4. The zero-order chi connectivity index (χ0) is 12.7. The van der Waals surface area contributed by atoms with Gasteiger partial charge in [-0.1, -0.05) is 0 Å². The highest BCUT2D eigenvalue weighted by atomic mass is 16.5. The van der Waals surface area contributed by atoms with Gasteiger partial charge in [-0.3, -0.25) is 4.79 Å². The molecule has 1 heterocycles. The first-order valence-corrected chi connectivity index (χ1v) is 5.84. The third-order valence-electron chi connectivity index (χ3n) is 2.62. The average molecular weight is 245 g/mol. The van der Waals surface area contributed by atoms with Crippen LogP contribution < -0.4 is 0 Å². The number of morpholine rings is 1. The summed E-state index contributed by atoms with van der Waals surface area (Å²) in [7, 11) is 0. The number of rotatable bonds is 6. The van der Waals surface area contributed by atoms with Crippen LogP contribution in [-0.4, -0.2) is 60.9 Å². The Kier molecular flexibility index (Phi) is 5.93. The van der Waals surface area contributed by atoms with Gasteiger partial charge in [0.25, 0.3) is 0 Å². The van der Waals surface area contributed by atoms with Crippen molar-refractivity contribution in [1.29, 1.82) is 0 Å². The van der Waals surface area contributed by atoms with Gasteiger partial charge in [-0.05, 0) is 13.3 Å². The van der Waals surface area contributed by atoms with Gasteiger partial charge in [-0.15, -0.1) is 0 Å². The Balaban J connectivity index is 2.39. The van der Waals surface area contributed by atoms with Gasteiger partial charge in [-0.25, -0.2) is 4.79 Å². The number of carbonyl (C=O) groups is 2. The standard InChI is InChI=1S/C11H19NO5/c1-2-16-6-3-4-10(13)12-5-7-17-8-9(12)11(14)15/h9H,2-8H2,1H3,(H,14,15). The lowest BCUT2D eigenvalue weighted by atomic mass is 10.2. The van der Waals surface area contributed by atoms with Crippen molar-refractivity contribution in [2.45, 2.75) is 25.8 Å². The van der Waals surface area contributed by atoms with E-state index in [2.05, 4.69) is 0 Å². The molecule has 0 spiro atoms. The molecule has 1 amide bonds. The predicted octanol–water partition coefficient (Wildman–Crippen LogP) is 0.115. The van der Waals surface area contributed by atoms with Crippen molar-refractivity contribution in [3.8, 4) is 0 Å². The summed E-state index contributed by atoms with van der Waals surface area (Å²) in [6.07, 6.45) is 0.945. The second kappa shape index (κ2) is 7.24. The van der Waals surface area contributed by atoms with Gasteiger partial charge in [0.2, 0.25) is 5.91 Å². The molecule has 1 atom stereocenters. The Morgan fingerprint density at radius 1 is 1.53 bits per heavy atom. The maximum Gasteiger partial charge on any atom is 0.328 e. The van der Waals surface area contributed by atoms with Crippen molar-refractivity contribution in [2.75, 3.05) is 33.0 Å². The van der Waals surface area contributed by atoms with E-state index in [-0.39, 0.29) is 12.5 Å². The van der Waals surface area contributed by atoms with Crippen molar-refractivity contribution < 1.29 is 24.2 Å². The summed E-state index contributed by atoms with van der Waals surface area (Å²) < 4.78 is 10.2. The van der Waals surface area contributed by atoms with Crippen molar-refractivity contribution in [2.24, 2.45) is 0 Å². The zero-order valence-electron chi connectivity index (χ0n) is 10.1. The normalized spacial score (nSPS) is 20.3. The molecule has 98 valence electrons. The summed E-state index contributed by atoms with van der Waals surface area (Å²) >= 11 is 0. The number of carboxylic acids is 1. The zero-order valence-corrected chi connectivity index (χ0v) is 10.1. The van der Waals surface area contributed by atoms with E-state index in [1.165, 1.54) is 4.90 Å². The fraction of sp³-hybridized carbons (Fsp3) is 0.818. The van der Waals surface area contributed by atoms with Gasteiger partial charge >= 0.3 is 5.97 Å². The average Bonchev–Trinajstić information content (AvgIpc) is 2.34. The van der Waals surface area contributed by atoms with Crippen LogP contribution in [0.5, 0.6) is 0 Å². The first-order chi connectivity index (χ1) is 8.16. The fourth-order valence-electron chi connectivity index (χ4n) is 1.72. The molecule has 0 aliphatic carbocycles. The summed E-state index contributed by atoms with van der Waals surface area (Å²) in [5.74, 6) is -1.15. The molecule has 1 fully saturated rings. The van der Waals surface area contributed by atoms with Crippen LogP contribution in [0.3, 0.4) is 0 Å². The minimum atomic E-state index is -1.01. The highest BCUT2D eigenvalue weighted by molar-refractivity contribution is 5.83. The smallest absolute Gasteiger partial charge is 0.328 e. The van der Waals surface area contributed by atoms with Crippen LogP contribution in [0.2, 0.25) is 0 Å². The number of carboxylic acid groups (broad SMARTS) is 1. The topological polar surface area (TPSA) is 76.1 Å². The molecule has 1 N–H and O–H groups in total. The Morgan fingerprint density at radius 3 is 2.94 bits per heavy atom. The third-order valence-corrected chi connectivity index (χ3v) is 2.62. The summed E-state index contributed by atoms with van der Waals surface area (Å²) in [5.41, 5.74) is 0. The number of amides is 1. The van der Waals surface area contributed by atoms with E-state index < -0.39 is 12.0 Å². The van der Waals surface area contributed by atoms with Gasteiger partial charge in [0.15, 0.2) is 6.04 Å². The lowest BCUT2D eigenvalue weighted by molar-refractivity contribution is -0.158. The molecule has 6 nitrogen and oxygen atoms in total. The van der Waals surface area contributed by atoms with Gasteiger partial charge in [-0.2, -0.15) is 0 Å². The Morgan fingerprint density at radius 2 is 2.29 bits per heavy atom. The highest BCUT2D eigenvalue weighted by Crippen LogP contribution is 2.10. The molecule has 1 aliphatic heterocycles. The van der Waals surface area contributed by atoms with E-state index in [9.17, 15) is 9.59 Å². The quantitative estimate of drug-likeness (QED) is 0.672. The fourth-order valence-corrected chi connectivity index (χ4v) is 1.72. The number of hydrogen-bond donors (Lipinski definition) is 1. The summed E-state index contributed by atoms with van der Waals surface area (Å²) in [6.45, 7) is 3.88. The SMILES string of the molecule is CCOCCCC(=O)N1CCOCC1C(=O)O. The van der Waals surface area contributed by atoms with E-state index in [1.54, 1.807) is 0 Å². The second-order valence-electron chi connectivity index (χ2n) is 3.82. The minimum absolute atomic E-state index is 0.0759. The molecular weight excluding hydrogens is 226 g/mol. The lowest BCUT2D eigenvalue weighted by Crippen LogP contribution is -2.52. The van der Waals surface area contributed by atoms with E-state index in [0.29, 0.717) is 39.2 Å². The van der Waals surface area contributed by atoms with Gasteiger partial charge in [0.1, 0.15) is 0 Å². The molecule has 1 aliphatic rings. The highest BCUT2D eigenvalue weighted by Gasteiger charge is 2.32. The van der Waals surface area contributed by atoms with Gasteiger partial charge in [0, 0.05) is 26.2 Å². The van der Waals surface area contributed by atoms with Crippen LogP contribution >= 0.6 is 0 Å². The summed E-state index contributed by atoms with van der Waals surface area (Å²) in [4.78, 5) is 24.2. The molecule has 0 aromatic heterocycles. The van der Waals surface area contributed by atoms with Crippen LogP contribution in [-0.2, 0) is 19.1 Å². The van der Waals surface area contributed by atoms with Crippen LogP contribution in [0.25, 0.3) is 0 Å². The van der Waals surface area contributed by atoms with Gasteiger partial charge < -0.3 is 19.5 Å². The molecule has 0 saturated carbocycles. The molecule has 17 heavy (non-hydrogen) atoms. The Labute approximate surface area is 100 Å². The predicted molar refractivity (Wildman–Crippen MR) is 59.7 cm³/mol. The van der Waals surface area contributed by atoms with Crippen LogP contribution in [0.4, 0.5) is 0 Å². The monoisotopic (exact) mass is 245 g/mol. The molecule has 1 saturated heterocycles. The van der Waals surface area contributed by atoms with Crippen molar-refractivity contribution >= 4 is 11.9 Å². The van der Waals surface area contributed by atoms with Crippen LogP contribution in [0.15, 0.2) is 0 Å². The van der Waals surface area contributed by atoms with Crippen LogP contribution in [0.1, 0.15) is 19.8 Å². The van der Waals surface area contributed by atoms with E-state index in [4.69, 9.17) is 14.6 Å². The van der Waals surface area contributed by atoms with Crippen molar-refractivity contribution in [3.05, 3.63) is 0 Å². The molecule has 0 bridgehead atoms. The van der Waals surface area contributed by atoms with E-state index >= 15 is 0 Å². The molecule has 0 aromatic carbocycles. The second-order valence-corrected chi connectivity index (χ2v) is 3.82. The molecular formula is C11H19NO5. The maximum atomic E-state index is 11.8. The van der Waals surface area contributed by atoms with Crippen LogP contribution in [0, 0.1) is 0 Å². The van der Waals surface area contributed by atoms with E-state index in [1.807, 2.05) is 6.92 Å². The minimum Gasteiger partial charge on any atom is -0.480 e. The first-order valence-electron chi connectivity index (χ1n) is 5.84. The molecule has 6 heteroatoms. The lowest BCUT2D eigenvalue weighted by Gasteiger charge is -2.32. The first kappa shape index (κ1) is 13.9. The molecule has 0 aromatic rings. The summed E-state index contributed by atoms with van der Waals surface area (Å²) in [6, 6.07) is -0.844. The van der Waals surface area contributed by atoms with Gasteiger partial charge in [0.05, 0.1) is 13.2 Å². The number of aliphatic carboxylic acids is 1. The van der Waals surface area contributed by atoms with Crippen molar-refractivity contribution in [1.82, 2.24) is 4.90 Å². The number of ether oxygens (including phenoxy) is 2. The Hall–Kier alpha value is -1.14. The number of nitrogens with zero attached hydrogens (tertiary/aromatic N) is 1. The molecule has 1 rings (SSSR count). The Bertz CT molecular complexity index is 269. The molecule has 1 unspecified atom stereocenters. The number of carbonyl (C=O) groups excluding carboxylic acids is 1.